The summed E-state index contributed by atoms with van der Waals surface area (Å²) in [5.41, 5.74) is 2.74. The maximum absolute atomic E-state index is 13.1. The zero-order chi connectivity index (χ0) is 19.4. The maximum Gasteiger partial charge on any atom is 0.259 e. The van der Waals surface area contributed by atoms with E-state index in [4.69, 9.17) is 14.0 Å². The Balaban J connectivity index is 1.88. The summed E-state index contributed by atoms with van der Waals surface area (Å²) in [6.07, 6.45) is 0. The van der Waals surface area contributed by atoms with E-state index in [0.29, 0.717) is 35.1 Å². The van der Waals surface area contributed by atoms with Crippen LogP contribution in [-0.2, 0) is 6.54 Å². The van der Waals surface area contributed by atoms with Crippen molar-refractivity contribution >= 4 is 5.91 Å². The Morgan fingerprint density at radius 2 is 1.85 bits per heavy atom. The van der Waals surface area contributed by atoms with Crippen molar-refractivity contribution in [3.63, 3.8) is 0 Å². The lowest BCUT2D eigenvalue weighted by molar-refractivity contribution is 0.0783. The molecule has 0 bridgehead atoms. The predicted octanol–water partition coefficient (Wildman–Crippen LogP) is 3.94. The number of carbonyl (C=O) groups excluding carboxylic acids is 1. The van der Waals surface area contributed by atoms with Crippen molar-refractivity contribution in [2.45, 2.75) is 13.5 Å². The number of amides is 1. The molecule has 1 amide bonds. The zero-order valence-electron chi connectivity index (χ0n) is 15.9. The number of carbonyl (C=O) groups is 1. The Morgan fingerprint density at radius 3 is 2.52 bits per heavy atom. The van der Waals surface area contributed by atoms with Crippen LogP contribution in [0.15, 0.2) is 53.1 Å². The molecule has 3 rings (SSSR count). The number of aryl methyl sites for hydroxylation is 1. The van der Waals surface area contributed by atoms with E-state index < -0.39 is 0 Å². The second-order valence-corrected chi connectivity index (χ2v) is 6.17. The molecular formula is C21H22N2O4. The topological polar surface area (TPSA) is 64.8 Å². The van der Waals surface area contributed by atoms with Gasteiger partial charge < -0.3 is 18.9 Å². The third-order valence-corrected chi connectivity index (χ3v) is 4.37. The van der Waals surface area contributed by atoms with Gasteiger partial charge >= 0.3 is 0 Å². The van der Waals surface area contributed by atoms with Crippen molar-refractivity contribution in [2.24, 2.45) is 0 Å². The van der Waals surface area contributed by atoms with Crippen LogP contribution < -0.4 is 9.47 Å². The molecule has 3 aromatic rings. The predicted molar refractivity (Wildman–Crippen MR) is 102 cm³/mol. The molecular weight excluding hydrogens is 344 g/mol. The van der Waals surface area contributed by atoms with Gasteiger partial charge in [0.15, 0.2) is 0 Å². The van der Waals surface area contributed by atoms with Crippen LogP contribution in [0.25, 0.3) is 11.3 Å². The minimum Gasteiger partial charge on any atom is -0.497 e. The van der Waals surface area contributed by atoms with Gasteiger partial charge in [0.25, 0.3) is 5.91 Å². The van der Waals surface area contributed by atoms with Gasteiger partial charge in [-0.05, 0) is 19.1 Å². The third-order valence-electron chi connectivity index (χ3n) is 4.37. The molecule has 140 valence electrons. The van der Waals surface area contributed by atoms with Crippen LogP contribution >= 0.6 is 0 Å². The van der Waals surface area contributed by atoms with Crippen molar-refractivity contribution < 1.29 is 18.8 Å². The molecule has 0 aliphatic rings. The molecule has 0 fully saturated rings. The van der Waals surface area contributed by atoms with Gasteiger partial charge in [0.05, 0.1) is 14.2 Å². The Hall–Kier alpha value is -3.28. The standard InChI is InChI=1S/C21H22N2O4/c1-14-19(20(22-27-14)15-8-6-5-7-9-15)21(24)23(2)13-16-10-11-17(25-3)12-18(16)26-4/h5-12H,13H2,1-4H3. The lowest BCUT2D eigenvalue weighted by atomic mass is 10.0. The van der Waals surface area contributed by atoms with Gasteiger partial charge in [-0.2, -0.15) is 0 Å². The van der Waals surface area contributed by atoms with Crippen LogP contribution in [0.3, 0.4) is 0 Å². The fourth-order valence-electron chi connectivity index (χ4n) is 2.92. The molecule has 27 heavy (non-hydrogen) atoms. The van der Waals surface area contributed by atoms with Gasteiger partial charge in [0, 0.05) is 30.8 Å². The molecule has 0 spiro atoms. The number of hydrogen-bond acceptors (Lipinski definition) is 5. The molecule has 0 aliphatic carbocycles. The lowest BCUT2D eigenvalue weighted by Crippen LogP contribution is -2.27. The van der Waals surface area contributed by atoms with Gasteiger partial charge in [-0.25, -0.2) is 0 Å². The van der Waals surface area contributed by atoms with Crippen LogP contribution in [-0.4, -0.2) is 37.2 Å². The summed E-state index contributed by atoms with van der Waals surface area (Å²) < 4.78 is 16.0. The molecule has 1 aromatic heterocycles. The first-order chi connectivity index (χ1) is 13.0. The van der Waals surface area contributed by atoms with Gasteiger partial charge in [0.1, 0.15) is 28.5 Å². The van der Waals surface area contributed by atoms with Crippen molar-refractivity contribution in [1.29, 1.82) is 0 Å². The van der Waals surface area contributed by atoms with E-state index in [9.17, 15) is 4.79 Å². The number of ether oxygens (including phenoxy) is 2. The largest absolute Gasteiger partial charge is 0.497 e. The zero-order valence-corrected chi connectivity index (χ0v) is 15.9. The first-order valence-corrected chi connectivity index (χ1v) is 8.53. The smallest absolute Gasteiger partial charge is 0.259 e. The molecule has 0 unspecified atom stereocenters. The number of hydrogen-bond donors (Lipinski definition) is 0. The number of aromatic nitrogens is 1. The van der Waals surface area contributed by atoms with E-state index in [2.05, 4.69) is 5.16 Å². The fraction of sp³-hybridized carbons (Fsp3) is 0.238. The quantitative estimate of drug-likeness (QED) is 0.661. The van der Waals surface area contributed by atoms with Gasteiger partial charge in [0.2, 0.25) is 0 Å². The molecule has 0 radical (unpaired) electrons. The summed E-state index contributed by atoms with van der Waals surface area (Å²) in [6.45, 7) is 2.12. The summed E-state index contributed by atoms with van der Waals surface area (Å²) in [6, 6.07) is 15.1. The molecule has 0 saturated carbocycles. The van der Waals surface area contributed by atoms with Crippen LogP contribution in [0.5, 0.6) is 11.5 Å². The summed E-state index contributed by atoms with van der Waals surface area (Å²) in [4.78, 5) is 14.7. The SMILES string of the molecule is COc1ccc(CN(C)C(=O)c2c(-c3ccccc3)noc2C)c(OC)c1. The number of methoxy groups -OCH3 is 2. The van der Waals surface area contributed by atoms with E-state index in [0.717, 1.165) is 11.1 Å². The average molecular weight is 366 g/mol. The van der Waals surface area contributed by atoms with Gasteiger partial charge in [-0.15, -0.1) is 0 Å². The van der Waals surface area contributed by atoms with Crippen molar-refractivity contribution in [2.75, 3.05) is 21.3 Å². The molecule has 0 atom stereocenters. The Kier molecular flexibility index (Phi) is 5.45. The number of benzene rings is 2. The molecule has 2 aromatic carbocycles. The maximum atomic E-state index is 13.1. The average Bonchev–Trinajstić information content (AvgIpc) is 3.09. The molecule has 0 aliphatic heterocycles. The van der Waals surface area contributed by atoms with Crippen LogP contribution in [0.4, 0.5) is 0 Å². The van der Waals surface area contributed by atoms with Gasteiger partial charge in [-0.3, -0.25) is 4.79 Å². The molecule has 1 heterocycles. The van der Waals surface area contributed by atoms with E-state index in [1.165, 1.54) is 0 Å². The number of nitrogens with zero attached hydrogens (tertiary/aromatic N) is 2. The van der Waals surface area contributed by atoms with Gasteiger partial charge in [-0.1, -0.05) is 35.5 Å². The van der Waals surface area contributed by atoms with Crippen LogP contribution in [0.1, 0.15) is 21.7 Å². The van der Waals surface area contributed by atoms with E-state index in [1.54, 1.807) is 39.2 Å². The first kappa shape index (κ1) is 18.5. The Morgan fingerprint density at radius 1 is 1.11 bits per heavy atom. The minimum absolute atomic E-state index is 0.162. The van der Waals surface area contributed by atoms with E-state index in [-0.39, 0.29) is 5.91 Å². The molecule has 6 heteroatoms. The minimum atomic E-state index is -0.162. The molecule has 0 saturated heterocycles. The van der Waals surface area contributed by atoms with Crippen molar-refractivity contribution in [3.8, 4) is 22.8 Å². The van der Waals surface area contributed by atoms with Crippen LogP contribution in [0.2, 0.25) is 0 Å². The lowest BCUT2D eigenvalue weighted by Gasteiger charge is -2.19. The highest BCUT2D eigenvalue weighted by Crippen LogP contribution is 2.29. The summed E-state index contributed by atoms with van der Waals surface area (Å²) >= 11 is 0. The highest BCUT2D eigenvalue weighted by molar-refractivity contribution is 6.00. The van der Waals surface area contributed by atoms with Crippen LogP contribution in [0, 0.1) is 6.92 Å². The normalized spacial score (nSPS) is 10.5. The molecule has 0 N–H and O–H groups in total. The highest BCUT2D eigenvalue weighted by Gasteiger charge is 2.25. The first-order valence-electron chi connectivity index (χ1n) is 8.53. The Bertz CT molecular complexity index is 935. The summed E-state index contributed by atoms with van der Waals surface area (Å²) in [5, 5.41) is 4.09. The summed E-state index contributed by atoms with van der Waals surface area (Å²) in [5.74, 6) is 1.70. The summed E-state index contributed by atoms with van der Waals surface area (Å²) in [7, 11) is 4.94. The molecule has 6 nitrogen and oxygen atoms in total. The Labute approximate surface area is 158 Å². The second kappa shape index (κ2) is 7.95. The monoisotopic (exact) mass is 366 g/mol. The fourth-order valence-corrected chi connectivity index (χ4v) is 2.92. The second-order valence-electron chi connectivity index (χ2n) is 6.17. The highest BCUT2D eigenvalue weighted by atomic mass is 16.5. The number of rotatable bonds is 6. The van der Waals surface area contributed by atoms with E-state index >= 15 is 0 Å². The van der Waals surface area contributed by atoms with Crippen molar-refractivity contribution in [3.05, 3.63) is 65.4 Å². The third kappa shape index (κ3) is 3.79. The van der Waals surface area contributed by atoms with E-state index in [1.807, 2.05) is 42.5 Å². The van der Waals surface area contributed by atoms with Crippen molar-refractivity contribution in [1.82, 2.24) is 10.1 Å².